The standard InChI is InChI=1S/3C14H23O2P.3CO2/c3*1-4-13(2)11-17(3,15)12-16-10-14-8-6-5-7-9-14;3*2-1-3/h3*5-9,13H,4,10-12H2,1-3H3;;;/t3*13?,17-;;;/m100.../s1. The Balaban J connectivity index is -0.000000736. The molecule has 0 amide bonds. The van der Waals surface area contributed by atoms with Crippen LogP contribution in [0.1, 0.15) is 77.5 Å². The van der Waals surface area contributed by atoms with Gasteiger partial charge >= 0.3 is 18.5 Å². The summed E-state index contributed by atoms with van der Waals surface area (Å²) in [6.07, 6.45) is 7.54. The molecule has 6 atom stereocenters. The van der Waals surface area contributed by atoms with Crippen molar-refractivity contribution in [3.8, 4) is 0 Å². The molecule has 336 valence electrons. The summed E-state index contributed by atoms with van der Waals surface area (Å²) in [5, 5.41) is 0. The van der Waals surface area contributed by atoms with Crippen molar-refractivity contribution < 1.29 is 56.7 Å². The molecule has 0 N–H and O–H groups in total. The average Bonchev–Trinajstić information content (AvgIpc) is 3.19. The number of rotatable bonds is 21. The maximum atomic E-state index is 12.2. The molecular weight excluding hydrogens is 825 g/mol. The maximum absolute atomic E-state index is 12.2. The van der Waals surface area contributed by atoms with Gasteiger partial charge in [-0.25, -0.2) is 0 Å². The molecule has 0 heterocycles. The first kappa shape index (κ1) is 60.7. The summed E-state index contributed by atoms with van der Waals surface area (Å²) in [4.78, 5) is 48.8. The molecule has 3 aromatic rings. The van der Waals surface area contributed by atoms with Crippen LogP contribution in [0.25, 0.3) is 0 Å². The third-order valence-electron chi connectivity index (χ3n) is 8.61. The fourth-order valence-corrected chi connectivity index (χ4v) is 11.8. The molecular formula is C45H69O12P3. The van der Waals surface area contributed by atoms with E-state index in [1.807, 2.05) is 111 Å². The summed E-state index contributed by atoms with van der Waals surface area (Å²) >= 11 is 0. The molecule has 15 heteroatoms. The van der Waals surface area contributed by atoms with Crippen LogP contribution in [-0.4, -0.2) is 76.0 Å². The highest BCUT2D eigenvalue weighted by Crippen LogP contribution is 2.45. The van der Waals surface area contributed by atoms with Gasteiger partial charge in [0.2, 0.25) is 0 Å². The molecule has 0 bridgehead atoms. The smallest absolute Gasteiger partial charge is 0.369 e. The zero-order valence-electron chi connectivity index (χ0n) is 37.1. The van der Waals surface area contributed by atoms with Crippen molar-refractivity contribution in [3.63, 3.8) is 0 Å². The van der Waals surface area contributed by atoms with Gasteiger partial charge in [0.05, 0.1) is 38.9 Å². The number of ether oxygens (including phenoxy) is 3. The SMILES string of the molecule is CCC(C)C[P@@](C)(=O)COCc1ccccc1.CCC(C)C[P@](C)(=O)COCc1ccccc1.CCC(C)C[P@](C)(=O)COCc1ccccc1.O=C=O.O=C=O.O=C=O. The van der Waals surface area contributed by atoms with Crippen LogP contribution in [0, 0.1) is 17.8 Å². The van der Waals surface area contributed by atoms with Crippen molar-refractivity contribution >= 4 is 39.9 Å². The van der Waals surface area contributed by atoms with Gasteiger partial charge in [-0.1, -0.05) is 152 Å². The highest BCUT2D eigenvalue weighted by atomic mass is 31.2. The summed E-state index contributed by atoms with van der Waals surface area (Å²) in [5.74, 6) is 1.56. The summed E-state index contributed by atoms with van der Waals surface area (Å²) in [5.41, 5.74) is 3.41. The number of hydrogen-bond donors (Lipinski definition) is 0. The predicted molar refractivity (Wildman–Crippen MR) is 237 cm³/mol. The molecule has 0 radical (unpaired) electrons. The molecule has 0 saturated heterocycles. The Labute approximate surface area is 359 Å². The van der Waals surface area contributed by atoms with E-state index in [1.54, 1.807) is 0 Å². The lowest BCUT2D eigenvalue weighted by Crippen LogP contribution is -2.05. The van der Waals surface area contributed by atoms with Crippen molar-refractivity contribution in [2.75, 3.05) is 57.5 Å². The van der Waals surface area contributed by atoms with Gasteiger partial charge in [-0.3, -0.25) is 0 Å². The number of hydrogen-bond acceptors (Lipinski definition) is 12. The molecule has 3 unspecified atom stereocenters. The predicted octanol–water partition coefficient (Wildman–Crippen LogP) is 10.8. The molecule has 0 aliphatic carbocycles. The van der Waals surface area contributed by atoms with Crippen molar-refractivity contribution in [2.24, 2.45) is 17.8 Å². The average molecular weight is 895 g/mol. The fourth-order valence-electron chi connectivity index (χ4n) is 5.32. The van der Waals surface area contributed by atoms with Gasteiger partial charge in [0.25, 0.3) is 0 Å². The van der Waals surface area contributed by atoms with Crippen LogP contribution in [-0.2, 0) is 76.5 Å². The minimum absolute atomic E-state index is 0.250. The highest BCUT2D eigenvalue weighted by molar-refractivity contribution is 7.63. The molecule has 0 aliphatic heterocycles. The van der Waals surface area contributed by atoms with Gasteiger partial charge in [0, 0.05) is 18.5 Å². The van der Waals surface area contributed by atoms with E-state index in [0.29, 0.717) is 56.6 Å². The first-order valence-electron chi connectivity index (χ1n) is 19.8. The molecule has 0 fully saturated rings. The van der Waals surface area contributed by atoms with Crippen LogP contribution in [0.3, 0.4) is 0 Å². The molecule has 0 aliphatic rings. The Bertz CT molecular complexity index is 1520. The van der Waals surface area contributed by atoms with E-state index in [2.05, 4.69) is 41.5 Å². The second-order valence-electron chi connectivity index (χ2n) is 15.1. The first-order valence-corrected chi connectivity index (χ1v) is 27.4. The number of carbonyl (C=O) groups excluding carboxylic acids is 6. The zero-order chi connectivity index (χ0) is 46.3. The van der Waals surface area contributed by atoms with E-state index in [0.717, 1.165) is 54.4 Å². The van der Waals surface area contributed by atoms with Crippen molar-refractivity contribution in [2.45, 2.75) is 80.6 Å². The Morgan fingerprint density at radius 3 is 0.767 bits per heavy atom. The minimum Gasteiger partial charge on any atom is -0.369 e. The Kier molecular flexibility index (Phi) is 38.7. The van der Waals surface area contributed by atoms with Gasteiger partial charge in [0.1, 0.15) is 21.4 Å². The van der Waals surface area contributed by atoms with E-state index in [-0.39, 0.29) is 18.5 Å². The van der Waals surface area contributed by atoms with Crippen LogP contribution >= 0.6 is 21.4 Å². The second kappa shape index (κ2) is 38.3. The maximum Gasteiger partial charge on any atom is 0.373 e. The van der Waals surface area contributed by atoms with Gasteiger partial charge in [0.15, 0.2) is 0 Å². The van der Waals surface area contributed by atoms with Crippen molar-refractivity contribution in [1.29, 1.82) is 0 Å². The van der Waals surface area contributed by atoms with Crippen LogP contribution in [0.15, 0.2) is 91.0 Å². The third kappa shape index (κ3) is 39.8. The lowest BCUT2D eigenvalue weighted by molar-refractivity contribution is -0.193. The molecule has 60 heavy (non-hydrogen) atoms. The third-order valence-corrected chi connectivity index (χ3v) is 15.0. The zero-order valence-corrected chi connectivity index (χ0v) is 39.8. The lowest BCUT2D eigenvalue weighted by Gasteiger charge is -2.17. The summed E-state index contributed by atoms with van der Waals surface area (Å²) in [7, 11) is -6.37. The van der Waals surface area contributed by atoms with Crippen LogP contribution in [0.4, 0.5) is 0 Å². The molecule has 0 saturated carbocycles. The molecule has 0 aromatic heterocycles. The van der Waals surface area contributed by atoms with Crippen molar-refractivity contribution in [1.82, 2.24) is 0 Å². The van der Waals surface area contributed by atoms with E-state index in [1.165, 1.54) is 0 Å². The van der Waals surface area contributed by atoms with Crippen LogP contribution < -0.4 is 0 Å². The van der Waals surface area contributed by atoms with Gasteiger partial charge in [-0.2, -0.15) is 28.8 Å². The quantitative estimate of drug-likeness (QED) is 0.0924. The second-order valence-corrected chi connectivity index (χ2v) is 24.8. The van der Waals surface area contributed by atoms with E-state index >= 15 is 0 Å². The summed E-state index contributed by atoms with van der Waals surface area (Å²) in [6, 6.07) is 30.0. The minimum atomic E-state index is -2.12. The Morgan fingerprint density at radius 2 is 0.600 bits per heavy atom. The van der Waals surface area contributed by atoms with Crippen molar-refractivity contribution in [3.05, 3.63) is 108 Å². The normalized spacial score (nSPS) is 14.3. The Hall–Kier alpha value is -3.63. The van der Waals surface area contributed by atoms with Crippen LogP contribution in [0.2, 0.25) is 0 Å². The van der Waals surface area contributed by atoms with Gasteiger partial charge in [-0.15, -0.1) is 0 Å². The van der Waals surface area contributed by atoms with Crippen LogP contribution in [0.5, 0.6) is 0 Å². The van der Waals surface area contributed by atoms with E-state index < -0.39 is 21.4 Å². The molecule has 12 nitrogen and oxygen atoms in total. The summed E-state index contributed by atoms with van der Waals surface area (Å²) < 4.78 is 53.4. The van der Waals surface area contributed by atoms with Gasteiger partial charge < -0.3 is 27.9 Å². The monoisotopic (exact) mass is 894 g/mol. The molecule has 3 aromatic carbocycles. The Morgan fingerprint density at radius 1 is 0.417 bits per heavy atom. The van der Waals surface area contributed by atoms with Gasteiger partial charge in [-0.05, 0) is 54.4 Å². The molecule has 0 spiro atoms. The van der Waals surface area contributed by atoms with E-state index in [4.69, 9.17) is 43.0 Å². The first-order chi connectivity index (χ1) is 28.3. The van der Waals surface area contributed by atoms with E-state index in [9.17, 15) is 13.7 Å². The molecule has 3 rings (SSSR count). The summed E-state index contributed by atoms with van der Waals surface area (Å²) in [6.45, 7) is 20.1. The largest absolute Gasteiger partial charge is 0.373 e. The number of benzene rings is 3. The fraction of sp³-hybridized carbons (Fsp3) is 0.533. The topological polar surface area (TPSA) is 181 Å². The lowest BCUT2D eigenvalue weighted by atomic mass is 10.2. The highest BCUT2D eigenvalue weighted by Gasteiger charge is 2.20.